The number of nitrogens with zero attached hydrogens (tertiary/aromatic N) is 1. The van der Waals surface area contributed by atoms with E-state index in [0.717, 1.165) is 11.1 Å². The highest BCUT2D eigenvalue weighted by Crippen LogP contribution is 2.24. The van der Waals surface area contributed by atoms with Gasteiger partial charge in [0.15, 0.2) is 0 Å². The van der Waals surface area contributed by atoms with E-state index in [0.29, 0.717) is 15.1 Å². The summed E-state index contributed by atoms with van der Waals surface area (Å²) < 4.78 is 0. The fourth-order valence-corrected chi connectivity index (χ4v) is 3.35. The molecule has 1 unspecified atom stereocenters. The zero-order valence-electron chi connectivity index (χ0n) is 16.9. The lowest BCUT2D eigenvalue weighted by Crippen LogP contribution is -2.52. The SMILES string of the molecule is CC(C(=O)NC(C)(C)C)N(Cc1ccc(Cl)c(Cl)c1)C(=O)Cc1cccc(Cl)c1. The third-order valence-electron chi connectivity index (χ3n) is 4.25. The van der Waals surface area contributed by atoms with Gasteiger partial charge < -0.3 is 10.2 Å². The van der Waals surface area contributed by atoms with Crippen molar-refractivity contribution in [1.82, 2.24) is 10.2 Å². The Labute approximate surface area is 187 Å². The summed E-state index contributed by atoms with van der Waals surface area (Å²) in [4.78, 5) is 27.4. The van der Waals surface area contributed by atoms with E-state index in [9.17, 15) is 9.59 Å². The lowest BCUT2D eigenvalue weighted by molar-refractivity contribution is -0.140. The molecule has 0 aliphatic rings. The van der Waals surface area contributed by atoms with Gasteiger partial charge in [0.25, 0.3) is 0 Å². The summed E-state index contributed by atoms with van der Waals surface area (Å²) in [6.45, 7) is 7.64. The molecule has 0 aliphatic heterocycles. The molecule has 0 fully saturated rings. The van der Waals surface area contributed by atoms with Crippen LogP contribution in [0.15, 0.2) is 42.5 Å². The molecule has 0 heterocycles. The minimum absolute atomic E-state index is 0.134. The van der Waals surface area contributed by atoms with Gasteiger partial charge >= 0.3 is 0 Å². The molecule has 2 rings (SSSR count). The van der Waals surface area contributed by atoms with Crippen molar-refractivity contribution in [2.45, 2.75) is 52.2 Å². The fraction of sp³-hybridized carbons (Fsp3) is 0.364. The Bertz CT molecular complexity index is 894. The van der Waals surface area contributed by atoms with Crippen molar-refractivity contribution in [3.63, 3.8) is 0 Å². The van der Waals surface area contributed by atoms with Crippen LogP contribution in [0.5, 0.6) is 0 Å². The Morgan fingerprint density at radius 2 is 1.69 bits per heavy atom. The average molecular weight is 456 g/mol. The van der Waals surface area contributed by atoms with Crippen molar-refractivity contribution < 1.29 is 9.59 Å². The smallest absolute Gasteiger partial charge is 0.242 e. The van der Waals surface area contributed by atoms with Gasteiger partial charge in [-0.15, -0.1) is 0 Å². The summed E-state index contributed by atoms with van der Waals surface area (Å²) in [5.74, 6) is -0.410. The highest BCUT2D eigenvalue weighted by molar-refractivity contribution is 6.42. The molecule has 0 aromatic heterocycles. The lowest BCUT2D eigenvalue weighted by Gasteiger charge is -2.31. The average Bonchev–Trinajstić information content (AvgIpc) is 2.60. The second-order valence-corrected chi connectivity index (χ2v) is 9.24. The third-order valence-corrected chi connectivity index (χ3v) is 5.22. The van der Waals surface area contributed by atoms with E-state index in [4.69, 9.17) is 34.8 Å². The first-order valence-corrected chi connectivity index (χ1v) is 10.4. The summed E-state index contributed by atoms with van der Waals surface area (Å²) >= 11 is 18.2. The van der Waals surface area contributed by atoms with E-state index in [-0.39, 0.29) is 24.8 Å². The van der Waals surface area contributed by atoms with Crippen molar-refractivity contribution >= 4 is 46.6 Å². The molecule has 1 N–H and O–H groups in total. The number of nitrogens with one attached hydrogen (secondary N) is 1. The molecule has 1 atom stereocenters. The number of hydrogen-bond acceptors (Lipinski definition) is 2. The van der Waals surface area contributed by atoms with Crippen LogP contribution in [-0.2, 0) is 22.6 Å². The monoisotopic (exact) mass is 454 g/mol. The van der Waals surface area contributed by atoms with Crippen LogP contribution in [0.4, 0.5) is 0 Å². The summed E-state index contributed by atoms with van der Waals surface area (Å²) in [5.41, 5.74) is 1.16. The summed E-state index contributed by atoms with van der Waals surface area (Å²) in [6, 6.07) is 11.6. The first-order valence-electron chi connectivity index (χ1n) is 9.26. The zero-order valence-corrected chi connectivity index (χ0v) is 19.2. The second kappa shape index (κ2) is 9.84. The minimum atomic E-state index is -0.671. The predicted octanol–water partition coefficient (Wildman–Crippen LogP) is 5.52. The topological polar surface area (TPSA) is 49.4 Å². The van der Waals surface area contributed by atoms with Crippen LogP contribution in [0.1, 0.15) is 38.8 Å². The minimum Gasteiger partial charge on any atom is -0.350 e. The molecule has 4 nitrogen and oxygen atoms in total. The Balaban J connectivity index is 2.28. The first kappa shape index (κ1) is 23.5. The van der Waals surface area contributed by atoms with Crippen molar-refractivity contribution in [1.29, 1.82) is 0 Å². The highest BCUT2D eigenvalue weighted by atomic mass is 35.5. The van der Waals surface area contributed by atoms with Crippen LogP contribution in [0, 0.1) is 0 Å². The number of rotatable bonds is 6. The van der Waals surface area contributed by atoms with Gasteiger partial charge in [-0.2, -0.15) is 0 Å². The molecule has 2 aromatic carbocycles. The molecule has 0 bridgehead atoms. The molecule has 0 saturated heterocycles. The van der Waals surface area contributed by atoms with Gasteiger partial charge in [-0.05, 0) is 63.1 Å². The Kier molecular flexibility index (Phi) is 7.98. The Hall–Kier alpha value is -1.75. The molecule has 2 amide bonds. The maximum atomic E-state index is 13.1. The molecule has 2 aromatic rings. The largest absolute Gasteiger partial charge is 0.350 e. The molecule has 0 saturated carbocycles. The first-order chi connectivity index (χ1) is 13.5. The van der Waals surface area contributed by atoms with Gasteiger partial charge in [0.1, 0.15) is 6.04 Å². The number of halogens is 3. The van der Waals surface area contributed by atoms with Gasteiger partial charge in [0.2, 0.25) is 11.8 Å². The number of hydrogen-bond donors (Lipinski definition) is 1. The van der Waals surface area contributed by atoms with Crippen molar-refractivity contribution in [3.05, 3.63) is 68.7 Å². The molecule has 156 valence electrons. The Morgan fingerprint density at radius 1 is 1.00 bits per heavy atom. The molecule has 7 heteroatoms. The molecular formula is C22H25Cl3N2O2. The van der Waals surface area contributed by atoms with Crippen LogP contribution in [0.3, 0.4) is 0 Å². The maximum Gasteiger partial charge on any atom is 0.242 e. The Morgan fingerprint density at radius 3 is 2.28 bits per heavy atom. The number of carbonyl (C=O) groups excluding carboxylic acids is 2. The quantitative estimate of drug-likeness (QED) is 0.623. The zero-order chi connectivity index (χ0) is 21.8. The van der Waals surface area contributed by atoms with E-state index in [1.807, 2.05) is 26.8 Å². The predicted molar refractivity (Wildman–Crippen MR) is 120 cm³/mol. The lowest BCUT2D eigenvalue weighted by atomic mass is 10.1. The van der Waals surface area contributed by atoms with E-state index < -0.39 is 11.6 Å². The van der Waals surface area contributed by atoms with Crippen LogP contribution < -0.4 is 5.32 Å². The molecule has 29 heavy (non-hydrogen) atoms. The van der Waals surface area contributed by atoms with Crippen molar-refractivity contribution in [2.24, 2.45) is 0 Å². The summed E-state index contributed by atoms with van der Waals surface area (Å²) in [6.07, 6.45) is 0.134. The number of amides is 2. The van der Waals surface area contributed by atoms with Gasteiger partial charge in [0, 0.05) is 17.1 Å². The van der Waals surface area contributed by atoms with Gasteiger partial charge in [-0.3, -0.25) is 9.59 Å². The normalized spacial score (nSPS) is 12.4. The second-order valence-electron chi connectivity index (χ2n) is 7.99. The highest BCUT2D eigenvalue weighted by Gasteiger charge is 2.28. The number of carbonyl (C=O) groups is 2. The third kappa shape index (κ3) is 7.22. The van der Waals surface area contributed by atoms with E-state index in [1.54, 1.807) is 48.2 Å². The molecule has 0 radical (unpaired) electrons. The van der Waals surface area contributed by atoms with Gasteiger partial charge in [0.05, 0.1) is 16.5 Å². The number of benzene rings is 2. The molecular weight excluding hydrogens is 431 g/mol. The van der Waals surface area contributed by atoms with Crippen molar-refractivity contribution in [2.75, 3.05) is 0 Å². The van der Waals surface area contributed by atoms with E-state index in [1.165, 1.54) is 0 Å². The summed E-state index contributed by atoms with van der Waals surface area (Å²) in [7, 11) is 0. The standard InChI is InChI=1S/C22H25Cl3N2O2/c1-14(21(29)26-22(2,3)4)27(13-16-8-9-18(24)19(25)11-16)20(28)12-15-6-5-7-17(23)10-15/h5-11,14H,12-13H2,1-4H3,(H,26,29). The van der Waals surface area contributed by atoms with Crippen LogP contribution in [0.25, 0.3) is 0 Å². The van der Waals surface area contributed by atoms with Crippen molar-refractivity contribution in [3.8, 4) is 0 Å². The van der Waals surface area contributed by atoms with E-state index in [2.05, 4.69) is 5.32 Å². The van der Waals surface area contributed by atoms with Gasteiger partial charge in [-0.1, -0.05) is 53.0 Å². The van der Waals surface area contributed by atoms with E-state index >= 15 is 0 Å². The molecule has 0 spiro atoms. The summed E-state index contributed by atoms with van der Waals surface area (Å²) in [5, 5.41) is 4.33. The fourth-order valence-electron chi connectivity index (χ4n) is 2.81. The van der Waals surface area contributed by atoms with Crippen LogP contribution in [0.2, 0.25) is 15.1 Å². The van der Waals surface area contributed by atoms with Crippen LogP contribution in [-0.4, -0.2) is 28.3 Å². The molecule has 0 aliphatic carbocycles. The van der Waals surface area contributed by atoms with Gasteiger partial charge in [-0.25, -0.2) is 0 Å². The van der Waals surface area contributed by atoms with Crippen LogP contribution >= 0.6 is 34.8 Å². The maximum absolute atomic E-state index is 13.1.